The van der Waals surface area contributed by atoms with Crippen molar-refractivity contribution in [3.63, 3.8) is 0 Å². The molecule has 0 amide bonds. The molecule has 0 radical (unpaired) electrons. The number of hydrogen-bond donors (Lipinski definition) is 4. The number of carboxylic acids is 2. The molecule has 4 aromatic rings. The molecule has 0 bridgehead atoms. The van der Waals surface area contributed by atoms with Gasteiger partial charge in [-0.05, 0) is 12.1 Å². The van der Waals surface area contributed by atoms with E-state index in [0.717, 1.165) is 22.5 Å². The van der Waals surface area contributed by atoms with Crippen molar-refractivity contribution in [1.29, 1.82) is 0 Å². The number of H-pyrrole nitrogens is 2. The molecule has 124 valence electrons. The van der Waals surface area contributed by atoms with E-state index in [0.29, 0.717) is 20.8 Å². The Labute approximate surface area is 145 Å². The van der Waals surface area contributed by atoms with Gasteiger partial charge in [-0.25, -0.2) is 9.59 Å². The molecule has 0 aliphatic rings. The molecule has 0 saturated heterocycles. The number of aromatic carboxylic acids is 2. The third kappa shape index (κ3) is 2.45. The van der Waals surface area contributed by atoms with E-state index in [-0.39, 0.29) is 11.4 Å². The maximum absolute atomic E-state index is 11.6. The molecule has 25 heavy (non-hydrogen) atoms. The molecule has 2 aromatic heterocycles. The van der Waals surface area contributed by atoms with Crippen LogP contribution in [-0.4, -0.2) is 32.1 Å². The summed E-state index contributed by atoms with van der Waals surface area (Å²) < 4.78 is 0. The highest BCUT2D eigenvalue weighted by Crippen LogP contribution is 2.41. The highest BCUT2D eigenvalue weighted by Gasteiger charge is 2.23. The summed E-state index contributed by atoms with van der Waals surface area (Å²) in [5.41, 5.74) is 1.49. The second-order valence-corrected chi connectivity index (χ2v) is 6.48. The first kappa shape index (κ1) is 15.3. The second kappa shape index (κ2) is 5.71. The lowest BCUT2D eigenvalue weighted by Gasteiger charge is -2.03. The lowest BCUT2D eigenvalue weighted by Crippen LogP contribution is -2.00. The Bertz CT molecular complexity index is 1050. The fraction of sp³-hybridized carbons (Fsp3) is 0. The summed E-state index contributed by atoms with van der Waals surface area (Å²) in [6, 6.07) is 14.5. The monoisotopic (exact) mass is 352 g/mol. The summed E-state index contributed by atoms with van der Waals surface area (Å²) in [5.74, 6) is -2.18. The molecular weight excluding hydrogens is 340 g/mol. The number of rotatable bonds is 4. The van der Waals surface area contributed by atoms with Gasteiger partial charge < -0.3 is 20.2 Å². The molecule has 0 atom stereocenters. The van der Waals surface area contributed by atoms with Crippen LogP contribution in [0.4, 0.5) is 0 Å². The number of fused-ring (bicyclic) bond motifs is 2. The van der Waals surface area contributed by atoms with E-state index in [1.54, 1.807) is 12.1 Å². The number of para-hydroxylation sites is 2. The molecule has 4 rings (SSSR count). The quantitative estimate of drug-likeness (QED) is 0.440. The molecule has 2 heterocycles. The molecule has 0 fully saturated rings. The first-order valence-corrected chi connectivity index (χ1v) is 8.23. The molecule has 0 aliphatic carbocycles. The number of nitrogens with one attached hydrogen (secondary N) is 2. The lowest BCUT2D eigenvalue weighted by molar-refractivity contribution is 0.0678. The van der Waals surface area contributed by atoms with E-state index in [1.165, 1.54) is 0 Å². The van der Waals surface area contributed by atoms with Gasteiger partial charge in [-0.3, -0.25) is 0 Å². The van der Waals surface area contributed by atoms with Crippen LogP contribution in [0.5, 0.6) is 0 Å². The van der Waals surface area contributed by atoms with Crippen LogP contribution >= 0.6 is 11.8 Å². The summed E-state index contributed by atoms with van der Waals surface area (Å²) in [6.45, 7) is 0. The Balaban J connectivity index is 1.97. The number of aromatic nitrogens is 2. The first-order valence-electron chi connectivity index (χ1n) is 7.42. The summed E-state index contributed by atoms with van der Waals surface area (Å²) in [6.07, 6.45) is 0. The Morgan fingerprint density at radius 2 is 1.12 bits per heavy atom. The topological polar surface area (TPSA) is 106 Å². The number of aromatic amines is 2. The van der Waals surface area contributed by atoms with Gasteiger partial charge in [0.15, 0.2) is 0 Å². The highest BCUT2D eigenvalue weighted by molar-refractivity contribution is 8.00. The second-order valence-electron chi connectivity index (χ2n) is 5.46. The highest BCUT2D eigenvalue weighted by atomic mass is 32.2. The molecule has 2 aromatic carbocycles. The largest absolute Gasteiger partial charge is 0.477 e. The molecule has 0 aliphatic heterocycles. The molecule has 0 spiro atoms. The smallest absolute Gasteiger partial charge is 0.353 e. The summed E-state index contributed by atoms with van der Waals surface area (Å²) in [5, 5.41) is 20.5. The molecule has 6 nitrogen and oxygen atoms in total. The van der Waals surface area contributed by atoms with Gasteiger partial charge in [0.2, 0.25) is 0 Å². The minimum Gasteiger partial charge on any atom is -0.477 e. The van der Waals surface area contributed by atoms with Crippen LogP contribution in [0.15, 0.2) is 58.3 Å². The molecule has 7 heteroatoms. The van der Waals surface area contributed by atoms with Gasteiger partial charge in [0.05, 0.1) is 9.79 Å². The Hall–Kier alpha value is -3.19. The maximum atomic E-state index is 11.6. The molecular formula is C18H12N2O4S. The van der Waals surface area contributed by atoms with Gasteiger partial charge in [0.25, 0.3) is 0 Å². The van der Waals surface area contributed by atoms with Crippen molar-refractivity contribution >= 4 is 45.5 Å². The van der Waals surface area contributed by atoms with Crippen LogP contribution in [0.3, 0.4) is 0 Å². The van der Waals surface area contributed by atoms with Crippen molar-refractivity contribution in [1.82, 2.24) is 9.97 Å². The van der Waals surface area contributed by atoms with Crippen molar-refractivity contribution in [3.8, 4) is 0 Å². The predicted octanol–water partition coefficient (Wildman–Crippen LogP) is 4.20. The van der Waals surface area contributed by atoms with Crippen LogP contribution < -0.4 is 0 Å². The van der Waals surface area contributed by atoms with Gasteiger partial charge in [0.1, 0.15) is 11.4 Å². The van der Waals surface area contributed by atoms with E-state index < -0.39 is 11.9 Å². The minimum absolute atomic E-state index is 0.0489. The van der Waals surface area contributed by atoms with Crippen LogP contribution in [0.25, 0.3) is 21.8 Å². The molecule has 4 N–H and O–H groups in total. The van der Waals surface area contributed by atoms with Gasteiger partial charge >= 0.3 is 11.9 Å². The summed E-state index contributed by atoms with van der Waals surface area (Å²) in [7, 11) is 0. The minimum atomic E-state index is -1.09. The summed E-state index contributed by atoms with van der Waals surface area (Å²) >= 11 is 1.15. The number of carboxylic acid groups (broad SMARTS) is 2. The lowest BCUT2D eigenvalue weighted by atomic mass is 10.2. The number of carbonyl (C=O) groups is 2. The van der Waals surface area contributed by atoms with Gasteiger partial charge in [-0.1, -0.05) is 48.2 Å². The van der Waals surface area contributed by atoms with Crippen LogP contribution in [0.1, 0.15) is 21.0 Å². The fourth-order valence-electron chi connectivity index (χ4n) is 2.85. The standard InChI is InChI=1S/C18H12N2O4S/c21-17(22)13-15(9-5-1-3-7-11(9)19-13)25-16-10-6-2-4-8-12(10)20-14(16)18(23)24/h1-8,19-20H,(H,21,22)(H,23,24). The summed E-state index contributed by atoms with van der Waals surface area (Å²) in [4.78, 5) is 30.0. The van der Waals surface area contributed by atoms with E-state index in [9.17, 15) is 19.8 Å². The van der Waals surface area contributed by atoms with E-state index in [4.69, 9.17) is 0 Å². The van der Waals surface area contributed by atoms with E-state index in [2.05, 4.69) is 9.97 Å². The van der Waals surface area contributed by atoms with Crippen LogP contribution in [0.2, 0.25) is 0 Å². The third-order valence-electron chi connectivity index (χ3n) is 3.95. The van der Waals surface area contributed by atoms with Crippen molar-refractivity contribution in [3.05, 3.63) is 59.9 Å². The number of hydrogen-bond acceptors (Lipinski definition) is 3. The van der Waals surface area contributed by atoms with Crippen molar-refractivity contribution in [2.75, 3.05) is 0 Å². The SMILES string of the molecule is O=C(O)c1[nH]c2ccccc2c1Sc1c(C(=O)O)[nH]c2ccccc12. The zero-order valence-electron chi connectivity index (χ0n) is 12.7. The van der Waals surface area contributed by atoms with Gasteiger partial charge in [-0.15, -0.1) is 0 Å². The Morgan fingerprint density at radius 1 is 0.720 bits per heavy atom. The zero-order chi connectivity index (χ0) is 17.6. The van der Waals surface area contributed by atoms with Gasteiger partial charge in [0, 0.05) is 21.8 Å². The Kier molecular flexibility index (Phi) is 3.51. The average Bonchev–Trinajstić information content (AvgIpc) is 3.15. The zero-order valence-corrected chi connectivity index (χ0v) is 13.6. The van der Waals surface area contributed by atoms with Crippen molar-refractivity contribution in [2.45, 2.75) is 9.79 Å². The van der Waals surface area contributed by atoms with Gasteiger partial charge in [-0.2, -0.15) is 0 Å². The maximum Gasteiger partial charge on any atom is 0.353 e. The van der Waals surface area contributed by atoms with Crippen molar-refractivity contribution in [2.24, 2.45) is 0 Å². The normalized spacial score (nSPS) is 11.2. The molecule has 0 saturated carbocycles. The van der Waals surface area contributed by atoms with E-state index in [1.807, 2.05) is 36.4 Å². The Morgan fingerprint density at radius 3 is 1.52 bits per heavy atom. The number of benzene rings is 2. The van der Waals surface area contributed by atoms with Crippen LogP contribution in [0, 0.1) is 0 Å². The fourth-order valence-corrected chi connectivity index (χ4v) is 4.11. The van der Waals surface area contributed by atoms with Crippen molar-refractivity contribution < 1.29 is 19.8 Å². The van der Waals surface area contributed by atoms with Crippen LogP contribution in [-0.2, 0) is 0 Å². The van der Waals surface area contributed by atoms with E-state index >= 15 is 0 Å². The molecule has 0 unspecified atom stereocenters. The first-order chi connectivity index (χ1) is 12.1. The average molecular weight is 352 g/mol. The predicted molar refractivity (Wildman–Crippen MR) is 94.6 cm³/mol. The third-order valence-corrected chi connectivity index (χ3v) is 5.21.